The Morgan fingerprint density at radius 2 is 1.94 bits per heavy atom. The van der Waals surface area contributed by atoms with Crippen molar-refractivity contribution in [2.45, 2.75) is 27.2 Å². The van der Waals surface area contributed by atoms with E-state index >= 15 is 0 Å². The minimum atomic E-state index is -3.32. The molecule has 1 aromatic rings. The molecule has 1 rings (SSSR count). The van der Waals surface area contributed by atoms with Crippen LogP contribution in [0.4, 0.5) is 11.4 Å². The Labute approximate surface area is 117 Å². The molecule has 0 aliphatic heterocycles. The molecule has 18 heavy (non-hydrogen) atoms. The van der Waals surface area contributed by atoms with E-state index in [1.165, 1.54) is 0 Å². The molecule has 1 aromatic carbocycles. The molecule has 0 heterocycles. The number of hydrogen-bond donors (Lipinski definition) is 2. The van der Waals surface area contributed by atoms with Crippen molar-refractivity contribution >= 4 is 37.3 Å². The van der Waals surface area contributed by atoms with Crippen molar-refractivity contribution in [2.24, 2.45) is 5.41 Å². The maximum absolute atomic E-state index is 11.9. The van der Waals surface area contributed by atoms with Gasteiger partial charge in [-0.3, -0.25) is 4.72 Å². The first-order chi connectivity index (χ1) is 8.09. The maximum Gasteiger partial charge on any atom is 0.232 e. The number of hydrogen-bond acceptors (Lipinski definition) is 3. The molecule has 3 N–H and O–H groups in total. The van der Waals surface area contributed by atoms with E-state index in [0.29, 0.717) is 22.3 Å². The Hall–Kier alpha value is -0.750. The molecule has 0 aliphatic rings. The largest absolute Gasteiger partial charge is 0.399 e. The van der Waals surface area contributed by atoms with Gasteiger partial charge < -0.3 is 5.73 Å². The number of rotatable bonds is 4. The van der Waals surface area contributed by atoms with Gasteiger partial charge in [0.15, 0.2) is 0 Å². The van der Waals surface area contributed by atoms with Crippen LogP contribution in [0.5, 0.6) is 0 Å². The molecule has 4 nitrogen and oxygen atoms in total. The summed E-state index contributed by atoms with van der Waals surface area (Å²) in [5.74, 6) is 0.104. The second kappa shape index (κ2) is 5.48. The van der Waals surface area contributed by atoms with Gasteiger partial charge in [-0.15, -0.1) is 0 Å². The third kappa shape index (κ3) is 5.27. The van der Waals surface area contributed by atoms with Gasteiger partial charge in [0, 0.05) is 10.2 Å². The Balaban J connectivity index is 2.77. The van der Waals surface area contributed by atoms with E-state index in [1.54, 1.807) is 18.2 Å². The Morgan fingerprint density at radius 3 is 2.44 bits per heavy atom. The van der Waals surface area contributed by atoms with Crippen LogP contribution in [0.2, 0.25) is 0 Å². The fourth-order valence-corrected chi connectivity index (χ4v) is 3.40. The first kappa shape index (κ1) is 15.3. The molecule has 6 heteroatoms. The lowest BCUT2D eigenvalue weighted by Gasteiger charge is -2.18. The van der Waals surface area contributed by atoms with Gasteiger partial charge in [0.2, 0.25) is 10.0 Å². The summed E-state index contributed by atoms with van der Waals surface area (Å²) < 4.78 is 27.0. The van der Waals surface area contributed by atoms with Crippen molar-refractivity contribution in [3.05, 3.63) is 22.7 Å². The molecule has 0 radical (unpaired) electrons. The van der Waals surface area contributed by atoms with Gasteiger partial charge in [0.05, 0.1) is 11.4 Å². The predicted molar refractivity (Wildman–Crippen MR) is 80.0 cm³/mol. The summed E-state index contributed by atoms with van der Waals surface area (Å²) in [4.78, 5) is 0. The van der Waals surface area contributed by atoms with Crippen LogP contribution in [0.15, 0.2) is 22.7 Å². The van der Waals surface area contributed by atoms with Crippen molar-refractivity contribution in [3.8, 4) is 0 Å². The zero-order chi connectivity index (χ0) is 14.0. The highest BCUT2D eigenvalue weighted by atomic mass is 79.9. The molecule has 0 aromatic heterocycles. The van der Waals surface area contributed by atoms with Crippen molar-refractivity contribution in [1.82, 2.24) is 0 Å². The molecular weight excluding hydrogens is 316 g/mol. The van der Waals surface area contributed by atoms with E-state index in [0.717, 1.165) is 0 Å². The number of halogens is 1. The lowest BCUT2D eigenvalue weighted by Crippen LogP contribution is -2.21. The van der Waals surface area contributed by atoms with E-state index in [1.807, 2.05) is 20.8 Å². The van der Waals surface area contributed by atoms with Gasteiger partial charge in [-0.25, -0.2) is 8.42 Å². The number of benzene rings is 1. The number of sulfonamides is 1. The van der Waals surface area contributed by atoms with Gasteiger partial charge in [-0.1, -0.05) is 20.8 Å². The van der Waals surface area contributed by atoms with Crippen molar-refractivity contribution in [2.75, 3.05) is 16.2 Å². The van der Waals surface area contributed by atoms with Crippen LogP contribution in [-0.4, -0.2) is 14.2 Å². The summed E-state index contributed by atoms with van der Waals surface area (Å²) in [6, 6.07) is 4.97. The zero-order valence-electron chi connectivity index (χ0n) is 10.8. The SMILES string of the molecule is CC(C)(C)CCS(=O)(=O)Nc1ccc(N)cc1Br. The molecular formula is C12H19BrN2O2S. The van der Waals surface area contributed by atoms with E-state index in [2.05, 4.69) is 20.7 Å². The predicted octanol–water partition coefficient (Wildman–Crippen LogP) is 3.21. The molecule has 0 fully saturated rings. The number of nitrogen functional groups attached to an aromatic ring is 1. The smallest absolute Gasteiger partial charge is 0.232 e. The molecule has 0 bridgehead atoms. The van der Waals surface area contributed by atoms with Crippen molar-refractivity contribution in [3.63, 3.8) is 0 Å². The van der Waals surface area contributed by atoms with Gasteiger partial charge in [-0.05, 0) is 46.0 Å². The lowest BCUT2D eigenvalue weighted by molar-refractivity contribution is 0.397. The Morgan fingerprint density at radius 1 is 1.33 bits per heavy atom. The van der Waals surface area contributed by atoms with Crippen molar-refractivity contribution < 1.29 is 8.42 Å². The molecule has 0 amide bonds. The minimum Gasteiger partial charge on any atom is -0.399 e. The average molecular weight is 335 g/mol. The fraction of sp³-hybridized carbons (Fsp3) is 0.500. The molecule has 0 saturated carbocycles. The monoisotopic (exact) mass is 334 g/mol. The second-order valence-corrected chi connectivity index (χ2v) is 8.17. The number of anilines is 2. The molecule has 0 aliphatic carbocycles. The van der Waals surface area contributed by atoms with E-state index in [4.69, 9.17) is 5.73 Å². The fourth-order valence-electron chi connectivity index (χ4n) is 1.27. The van der Waals surface area contributed by atoms with E-state index in [-0.39, 0.29) is 11.2 Å². The van der Waals surface area contributed by atoms with Crippen LogP contribution < -0.4 is 10.5 Å². The van der Waals surface area contributed by atoms with Gasteiger partial charge in [-0.2, -0.15) is 0 Å². The highest BCUT2D eigenvalue weighted by Gasteiger charge is 2.18. The summed E-state index contributed by atoms with van der Waals surface area (Å²) in [5.41, 5.74) is 6.69. The average Bonchev–Trinajstić information content (AvgIpc) is 2.19. The van der Waals surface area contributed by atoms with Crippen LogP contribution in [-0.2, 0) is 10.0 Å². The standard InChI is InChI=1S/C12H19BrN2O2S/c1-12(2,3)6-7-18(16,17)15-11-5-4-9(14)8-10(11)13/h4-5,8,15H,6-7,14H2,1-3H3. The molecule has 0 spiro atoms. The number of nitrogens with two attached hydrogens (primary N) is 1. The molecule has 102 valence electrons. The van der Waals surface area contributed by atoms with Crippen LogP contribution >= 0.6 is 15.9 Å². The van der Waals surface area contributed by atoms with Crippen LogP contribution in [0.25, 0.3) is 0 Å². The third-order valence-electron chi connectivity index (χ3n) is 2.38. The summed E-state index contributed by atoms with van der Waals surface area (Å²) >= 11 is 3.28. The van der Waals surface area contributed by atoms with E-state index in [9.17, 15) is 8.42 Å². The number of nitrogens with one attached hydrogen (secondary N) is 1. The normalized spacial score (nSPS) is 12.4. The first-order valence-corrected chi connectivity index (χ1v) is 8.09. The van der Waals surface area contributed by atoms with E-state index < -0.39 is 10.0 Å². The Kier molecular flexibility index (Phi) is 4.66. The molecule has 0 saturated heterocycles. The minimum absolute atomic E-state index is 0.00685. The van der Waals surface area contributed by atoms with Gasteiger partial charge >= 0.3 is 0 Å². The quantitative estimate of drug-likeness (QED) is 0.830. The highest BCUT2D eigenvalue weighted by Crippen LogP contribution is 2.26. The van der Waals surface area contributed by atoms with Crippen LogP contribution in [0, 0.1) is 5.41 Å². The van der Waals surface area contributed by atoms with Crippen LogP contribution in [0.1, 0.15) is 27.2 Å². The summed E-state index contributed by atoms with van der Waals surface area (Å²) in [6.45, 7) is 6.05. The Bertz CT molecular complexity index is 521. The third-order valence-corrected chi connectivity index (χ3v) is 4.31. The molecule has 0 unspecified atom stereocenters. The van der Waals surface area contributed by atoms with Gasteiger partial charge in [0.25, 0.3) is 0 Å². The zero-order valence-corrected chi connectivity index (χ0v) is 13.2. The van der Waals surface area contributed by atoms with Crippen LogP contribution in [0.3, 0.4) is 0 Å². The second-order valence-electron chi connectivity index (χ2n) is 5.47. The summed E-state index contributed by atoms with van der Waals surface area (Å²) in [5, 5.41) is 0. The topological polar surface area (TPSA) is 72.2 Å². The van der Waals surface area contributed by atoms with Crippen molar-refractivity contribution in [1.29, 1.82) is 0 Å². The first-order valence-electron chi connectivity index (χ1n) is 5.65. The molecule has 0 atom stereocenters. The van der Waals surface area contributed by atoms with Gasteiger partial charge in [0.1, 0.15) is 0 Å². The maximum atomic E-state index is 11.9. The summed E-state index contributed by atoms with van der Waals surface area (Å²) in [6.07, 6.45) is 0.606. The summed E-state index contributed by atoms with van der Waals surface area (Å²) in [7, 11) is -3.32. The highest BCUT2D eigenvalue weighted by molar-refractivity contribution is 9.10. The lowest BCUT2D eigenvalue weighted by atomic mass is 9.94.